The van der Waals surface area contributed by atoms with Crippen LogP contribution in [-0.2, 0) is 11.2 Å². The van der Waals surface area contributed by atoms with Gasteiger partial charge >= 0.3 is 5.97 Å². The van der Waals surface area contributed by atoms with Crippen molar-refractivity contribution >= 4 is 5.97 Å². The predicted molar refractivity (Wildman–Crippen MR) is 76.9 cm³/mol. The summed E-state index contributed by atoms with van der Waals surface area (Å²) in [6.45, 7) is 4.12. The highest BCUT2D eigenvalue weighted by atomic mass is 16.4. The fourth-order valence-corrected chi connectivity index (χ4v) is 1.94. The second-order valence-electron chi connectivity index (χ2n) is 5.04. The summed E-state index contributed by atoms with van der Waals surface area (Å²) in [6, 6.07) is 8.23. The largest absolute Gasteiger partial charge is 0.506 e. The van der Waals surface area contributed by atoms with Gasteiger partial charge in [0.1, 0.15) is 11.4 Å². The Morgan fingerprint density at radius 1 is 1.29 bits per heavy atom. The summed E-state index contributed by atoms with van der Waals surface area (Å²) in [5.41, 5.74) is 1.08. The second kappa shape index (κ2) is 5.78. The number of carboxylic acid groups (broad SMARTS) is 1. The molecule has 0 amide bonds. The van der Waals surface area contributed by atoms with Crippen LogP contribution in [0.1, 0.15) is 31.0 Å². The summed E-state index contributed by atoms with van der Waals surface area (Å²) in [5.74, 6) is -1.17. The molecule has 0 fully saturated rings. The molecule has 0 aliphatic rings. The first-order valence-electron chi connectivity index (χ1n) is 6.53. The number of hydrogen-bond donors (Lipinski definition) is 2. The van der Waals surface area contributed by atoms with Crippen molar-refractivity contribution in [2.75, 3.05) is 0 Å². The predicted octanol–water partition coefficient (Wildman–Crippen LogP) is 1.69. The van der Waals surface area contributed by atoms with E-state index in [1.54, 1.807) is 12.1 Å². The van der Waals surface area contributed by atoms with Gasteiger partial charge in [0.05, 0.1) is 12.1 Å². The summed E-state index contributed by atoms with van der Waals surface area (Å²) in [6.07, 6.45) is -0.448. The molecule has 1 heterocycles. The van der Waals surface area contributed by atoms with E-state index in [4.69, 9.17) is 5.11 Å². The van der Waals surface area contributed by atoms with Crippen molar-refractivity contribution in [2.24, 2.45) is 0 Å². The quantitative estimate of drug-likeness (QED) is 0.893. The Morgan fingerprint density at radius 3 is 2.43 bits per heavy atom. The zero-order valence-corrected chi connectivity index (χ0v) is 11.8. The smallest absolute Gasteiger partial charge is 0.309 e. The molecule has 0 unspecified atom stereocenters. The Bertz CT molecular complexity index is 717. The summed E-state index contributed by atoms with van der Waals surface area (Å²) in [5, 5.41) is 22.3. The molecular formula is C15H16N2O4. The molecule has 2 rings (SSSR count). The standard InChI is InChI=1S/C15H16N2O4/c1-9(2)10-3-5-11(6-4-10)17-14(19)8-13(18)12(16-17)7-15(20)21/h3-6,8-9,18H,7H2,1-2H3,(H,20,21). The molecule has 0 bridgehead atoms. The molecule has 1 aromatic carbocycles. The zero-order valence-electron chi connectivity index (χ0n) is 11.8. The molecule has 0 radical (unpaired) electrons. The van der Waals surface area contributed by atoms with E-state index in [2.05, 4.69) is 18.9 Å². The van der Waals surface area contributed by atoms with Crippen LogP contribution in [0.4, 0.5) is 0 Å². The molecule has 6 heteroatoms. The maximum atomic E-state index is 11.9. The lowest BCUT2D eigenvalue weighted by Gasteiger charge is -2.10. The number of benzene rings is 1. The van der Waals surface area contributed by atoms with E-state index in [1.165, 1.54) is 0 Å². The number of aromatic nitrogens is 2. The Labute approximate surface area is 121 Å². The molecule has 0 spiro atoms. The van der Waals surface area contributed by atoms with E-state index in [1.807, 2.05) is 12.1 Å². The van der Waals surface area contributed by atoms with Gasteiger partial charge < -0.3 is 10.2 Å². The van der Waals surface area contributed by atoms with Gasteiger partial charge in [0.15, 0.2) is 0 Å². The SMILES string of the molecule is CC(C)c1ccc(-n2nc(CC(=O)O)c(O)cc2=O)cc1. The molecule has 0 aliphatic heterocycles. The first-order chi connectivity index (χ1) is 9.88. The second-order valence-corrected chi connectivity index (χ2v) is 5.04. The maximum absolute atomic E-state index is 11.9. The van der Waals surface area contributed by atoms with E-state index in [9.17, 15) is 14.7 Å². The van der Waals surface area contributed by atoms with E-state index in [-0.39, 0.29) is 5.69 Å². The van der Waals surface area contributed by atoms with Crippen LogP contribution in [0, 0.1) is 0 Å². The van der Waals surface area contributed by atoms with Crippen LogP contribution in [0.3, 0.4) is 0 Å². The van der Waals surface area contributed by atoms with Crippen molar-refractivity contribution < 1.29 is 15.0 Å². The van der Waals surface area contributed by atoms with Gasteiger partial charge in [-0.05, 0) is 23.6 Å². The van der Waals surface area contributed by atoms with E-state index >= 15 is 0 Å². The van der Waals surface area contributed by atoms with Crippen LogP contribution in [-0.4, -0.2) is 26.0 Å². The molecular weight excluding hydrogens is 272 g/mol. The van der Waals surface area contributed by atoms with Crippen molar-refractivity contribution in [1.82, 2.24) is 9.78 Å². The van der Waals surface area contributed by atoms with Crippen molar-refractivity contribution in [3.05, 3.63) is 51.9 Å². The van der Waals surface area contributed by atoms with Crippen LogP contribution in [0.25, 0.3) is 5.69 Å². The third-order valence-corrected chi connectivity index (χ3v) is 3.11. The fraction of sp³-hybridized carbons (Fsp3) is 0.267. The first kappa shape index (κ1) is 14.8. The molecule has 1 aromatic heterocycles. The fourth-order valence-electron chi connectivity index (χ4n) is 1.94. The average Bonchev–Trinajstić information content (AvgIpc) is 2.41. The number of hydrogen-bond acceptors (Lipinski definition) is 4. The van der Waals surface area contributed by atoms with Crippen LogP contribution < -0.4 is 5.56 Å². The highest BCUT2D eigenvalue weighted by Gasteiger charge is 2.12. The number of rotatable bonds is 4. The molecule has 0 aliphatic carbocycles. The number of carboxylic acids is 1. The van der Waals surface area contributed by atoms with Gasteiger partial charge in [-0.25, -0.2) is 0 Å². The van der Waals surface area contributed by atoms with Gasteiger partial charge in [0.2, 0.25) is 0 Å². The number of carbonyl (C=O) groups is 1. The van der Waals surface area contributed by atoms with Crippen molar-refractivity contribution in [2.45, 2.75) is 26.2 Å². The van der Waals surface area contributed by atoms with E-state index < -0.39 is 23.7 Å². The Morgan fingerprint density at radius 2 is 1.90 bits per heavy atom. The molecule has 0 saturated carbocycles. The van der Waals surface area contributed by atoms with Crippen LogP contribution in [0.5, 0.6) is 5.75 Å². The Kier molecular flexibility index (Phi) is 4.07. The lowest BCUT2D eigenvalue weighted by atomic mass is 10.0. The zero-order chi connectivity index (χ0) is 15.6. The Hall–Kier alpha value is -2.63. The normalized spacial score (nSPS) is 10.8. The molecule has 110 valence electrons. The van der Waals surface area contributed by atoms with Gasteiger partial charge in [0, 0.05) is 6.07 Å². The highest BCUT2D eigenvalue weighted by molar-refractivity contribution is 5.70. The molecule has 21 heavy (non-hydrogen) atoms. The molecule has 0 saturated heterocycles. The summed E-state index contributed by atoms with van der Waals surface area (Å²) < 4.78 is 1.09. The van der Waals surface area contributed by atoms with E-state index in [0.29, 0.717) is 11.6 Å². The van der Waals surface area contributed by atoms with Crippen LogP contribution >= 0.6 is 0 Å². The van der Waals surface area contributed by atoms with Crippen molar-refractivity contribution in [3.8, 4) is 11.4 Å². The maximum Gasteiger partial charge on any atom is 0.309 e. The van der Waals surface area contributed by atoms with Crippen molar-refractivity contribution in [1.29, 1.82) is 0 Å². The summed E-state index contributed by atoms with van der Waals surface area (Å²) >= 11 is 0. The van der Waals surface area contributed by atoms with Crippen LogP contribution in [0.15, 0.2) is 35.1 Å². The third kappa shape index (κ3) is 3.28. The summed E-state index contributed by atoms with van der Waals surface area (Å²) in [4.78, 5) is 22.6. The molecule has 0 atom stereocenters. The minimum atomic E-state index is -1.13. The third-order valence-electron chi connectivity index (χ3n) is 3.11. The van der Waals surface area contributed by atoms with Gasteiger partial charge in [-0.15, -0.1) is 0 Å². The molecule has 2 N–H and O–H groups in total. The van der Waals surface area contributed by atoms with Gasteiger partial charge in [-0.2, -0.15) is 9.78 Å². The minimum absolute atomic E-state index is 0.0463. The number of aromatic hydroxyl groups is 1. The lowest BCUT2D eigenvalue weighted by molar-refractivity contribution is -0.136. The van der Waals surface area contributed by atoms with Crippen LogP contribution in [0.2, 0.25) is 0 Å². The topological polar surface area (TPSA) is 92.4 Å². The van der Waals surface area contributed by atoms with Gasteiger partial charge in [-0.3, -0.25) is 9.59 Å². The first-order valence-corrected chi connectivity index (χ1v) is 6.53. The average molecular weight is 288 g/mol. The number of nitrogens with zero attached hydrogens (tertiary/aromatic N) is 2. The monoisotopic (exact) mass is 288 g/mol. The van der Waals surface area contributed by atoms with Gasteiger partial charge in [-0.1, -0.05) is 26.0 Å². The molecule has 6 nitrogen and oxygen atoms in total. The number of aliphatic carboxylic acids is 1. The highest BCUT2D eigenvalue weighted by Crippen LogP contribution is 2.17. The van der Waals surface area contributed by atoms with E-state index in [0.717, 1.165) is 16.3 Å². The van der Waals surface area contributed by atoms with Gasteiger partial charge in [0.25, 0.3) is 5.56 Å². The lowest BCUT2D eigenvalue weighted by Crippen LogP contribution is -2.22. The molecule has 2 aromatic rings. The summed E-state index contributed by atoms with van der Waals surface area (Å²) in [7, 11) is 0. The minimum Gasteiger partial charge on any atom is -0.506 e. The Balaban J connectivity index is 2.47. The van der Waals surface area contributed by atoms with Crippen molar-refractivity contribution in [3.63, 3.8) is 0 Å².